The molecule has 3 aromatic rings. The van der Waals surface area contributed by atoms with Gasteiger partial charge in [0.15, 0.2) is 0 Å². The fourth-order valence-corrected chi connectivity index (χ4v) is 3.69. The minimum absolute atomic E-state index is 0.252. The van der Waals surface area contributed by atoms with Crippen LogP contribution in [0.25, 0.3) is 5.70 Å². The van der Waals surface area contributed by atoms with Gasteiger partial charge in [-0.1, -0.05) is 60.7 Å². The fraction of sp³-hybridized carbons (Fsp3) is 0.0385. The zero-order chi connectivity index (χ0) is 22.6. The number of para-hydroxylation sites is 1. The Kier molecular flexibility index (Phi) is 5.32. The summed E-state index contributed by atoms with van der Waals surface area (Å²) in [4.78, 5) is 17.8. The first-order chi connectivity index (χ1) is 16.2. The van der Waals surface area contributed by atoms with Crippen LogP contribution in [-0.4, -0.2) is 17.8 Å². The summed E-state index contributed by atoms with van der Waals surface area (Å²) in [7, 11) is 0. The van der Waals surface area contributed by atoms with E-state index in [9.17, 15) is 4.79 Å². The van der Waals surface area contributed by atoms with Gasteiger partial charge in [0.1, 0.15) is 5.82 Å². The Morgan fingerprint density at radius 1 is 0.848 bits per heavy atom. The van der Waals surface area contributed by atoms with E-state index in [0.29, 0.717) is 11.4 Å². The second-order valence-electron chi connectivity index (χ2n) is 7.53. The van der Waals surface area contributed by atoms with Crippen LogP contribution < -0.4 is 21.5 Å². The number of nitrogens with one attached hydrogen (secondary N) is 4. The van der Waals surface area contributed by atoms with Crippen molar-refractivity contribution in [3.8, 4) is 6.07 Å². The van der Waals surface area contributed by atoms with Crippen LogP contribution in [-0.2, 0) is 4.79 Å². The van der Waals surface area contributed by atoms with Crippen LogP contribution in [0, 0.1) is 11.3 Å². The quantitative estimate of drug-likeness (QED) is 0.507. The van der Waals surface area contributed by atoms with Gasteiger partial charge >= 0.3 is 0 Å². The zero-order valence-corrected chi connectivity index (χ0v) is 17.5. The average molecular weight is 432 g/mol. The molecule has 0 saturated carbocycles. The van der Waals surface area contributed by atoms with Crippen LogP contribution in [0.1, 0.15) is 22.3 Å². The molecule has 4 N–H and O–H groups in total. The van der Waals surface area contributed by atoms with Gasteiger partial charge in [0.05, 0.1) is 28.7 Å². The van der Waals surface area contributed by atoms with E-state index in [0.717, 1.165) is 33.8 Å². The van der Waals surface area contributed by atoms with Gasteiger partial charge in [-0.25, -0.2) is 4.99 Å². The highest BCUT2D eigenvalue weighted by molar-refractivity contribution is 6.19. The molecule has 7 nitrogen and oxygen atoms in total. The number of allylic oxidation sites excluding steroid dienone is 2. The van der Waals surface area contributed by atoms with Crippen molar-refractivity contribution in [3.63, 3.8) is 0 Å². The molecule has 0 aromatic heterocycles. The van der Waals surface area contributed by atoms with E-state index in [-0.39, 0.29) is 5.91 Å². The van der Waals surface area contributed by atoms with Crippen LogP contribution in [0.5, 0.6) is 0 Å². The Labute approximate surface area is 191 Å². The number of carbonyl (C=O) groups is 1. The molecule has 7 heteroatoms. The summed E-state index contributed by atoms with van der Waals surface area (Å²) in [5, 5.41) is 15.1. The van der Waals surface area contributed by atoms with Gasteiger partial charge in [-0.3, -0.25) is 15.6 Å². The molecular weight excluding hydrogens is 412 g/mol. The fourth-order valence-electron chi connectivity index (χ4n) is 3.69. The lowest BCUT2D eigenvalue weighted by molar-refractivity contribution is -0.117. The number of hydrogen-bond acceptors (Lipinski definition) is 6. The molecule has 0 radical (unpaired) electrons. The SMILES string of the molecule is N#Cc1ccc(C2=CC=C(NC3N=C(c4ccccc4)c4ccccc4NC3=O)NN2)cc1. The lowest BCUT2D eigenvalue weighted by Gasteiger charge is -2.23. The summed E-state index contributed by atoms with van der Waals surface area (Å²) in [6, 6.07) is 26.9. The largest absolute Gasteiger partial charge is 0.341 e. The molecule has 1 atom stereocenters. The summed E-state index contributed by atoms with van der Waals surface area (Å²) >= 11 is 0. The van der Waals surface area contributed by atoms with Crippen molar-refractivity contribution in [1.82, 2.24) is 16.2 Å². The van der Waals surface area contributed by atoms with Crippen molar-refractivity contribution in [1.29, 1.82) is 5.26 Å². The number of amides is 1. The number of fused-ring (bicyclic) bond motifs is 1. The monoisotopic (exact) mass is 432 g/mol. The van der Waals surface area contributed by atoms with Crippen LogP contribution in [0.3, 0.4) is 0 Å². The first-order valence-corrected chi connectivity index (χ1v) is 10.5. The topological polar surface area (TPSA) is 101 Å². The Morgan fingerprint density at radius 3 is 2.33 bits per heavy atom. The van der Waals surface area contributed by atoms with E-state index in [4.69, 9.17) is 10.3 Å². The van der Waals surface area contributed by atoms with Gasteiger partial charge in [-0.05, 0) is 35.9 Å². The Hall–Kier alpha value is -4.83. The van der Waals surface area contributed by atoms with Gasteiger partial charge in [-0.15, -0.1) is 0 Å². The standard InChI is InChI=1S/C26H20N6O/c27-16-17-10-12-18(13-11-17)21-14-15-23(32-31-21)29-25-26(33)28-22-9-5-4-8-20(22)24(30-25)19-6-2-1-3-7-19/h1-15,25,29,31-32H,(H,28,33). The predicted molar refractivity (Wildman–Crippen MR) is 128 cm³/mol. The minimum Gasteiger partial charge on any atom is -0.341 e. The lowest BCUT2D eigenvalue weighted by atomic mass is 10.0. The molecule has 0 saturated heterocycles. The normalized spacial score (nSPS) is 16.9. The molecule has 1 amide bonds. The Balaban J connectivity index is 1.43. The van der Waals surface area contributed by atoms with Crippen molar-refractivity contribution >= 4 is 23.0 Å². The smallest absolute Gasteiger partial charge is 0.269 e. The highest BCUT2D eigenvalue weighted by atomic mass is 16.2. The van der Waals surface area contributed by atoms with E-state index in [1.54, 1.807) is 12.1 Å². The first kappa shape index (κ1) is 20.1. The maximum atomic E-state index is 13.0. The number of benzene rings is 3. The number of rotatable bonds is 4. The Morgan fingerprint density at radius 2 is 1.61 bits per heavy atom. The highest BCUT2D eigenvalue weighted by Gasteiger charge is 2.26. The number of anilines is 1. The van der Waals surface area contributed by atoms with E-state index >= 15 is 0 Å². The number of hydrazine groups is 1. The summed E-state index contributed by atoms with van der Waals surface area (Å²) in [6.07, 6.45) is 2.90. The van der Waals surface area contributed by atoms with Crippen LogP contribution in [0.2, 0.25) is 0 Å². The minimum atomic E-state index is -0.835. The average Bonchev–Trinajstić information content (AvgIpc) is 3.01. The van der Waals surface area contributed by atoms with Crippen LogP contribution in [0.15, 0.2) is 102 Å². The number of carbonyl (C=O) groups excluding carboxylic acids is 1. The number of nitrogens with zero attached hydrogens (tertiary/aromatic N) is 2. The third-order valence-electron chi connectivity index (χ3n) is 5.36. The molecule has 0 fully saturated rings. The summed E-state index contributed by atoms with van der Waals surface area (Å²) in [5.41, 5.74) is 11.8. The maximum Gasteiger partial charge on any atom is 0.269 e. The van der Waals surface area contributed by atoms with Crippen molar-refractivity contribution in [2.24, 2.45) is 4.99 Å². The predicted octanol–water partition coefficient (Wildman–Crippen LogP) is 3.25. The molecular formula is C26H20N6O. The molecule has 0 aliphatic carbocycles. The van der Waals surface area contributed by atoms with Crippen molar-refractivity contribution < 1.29 is 4.79 Å². The van der Waals surface area contributed by atoms with E-state index in [1.807, 2.05) is 78.9 Å². The van der Waals surface area contributed by atoms with Gasteiger partial charge in [0, 0.05) is 11.1 Å². The second-order valence-corrected chi connectivity index (χ2v) is 7.53. The molecule has 2 heterocycles. The third kappa shape index (κ3) is 4.18. The number of benzodiazepines with no additional fused rings is 1. The summed E-state index contributed by atoms with van der Waals surface area (Å²) < 4.78 is 0. The highest BCUT2D eigenvalue weighted by Crippen LogP contribution is 2.24. The second kappa shape index (κ2) is 8.73. The molecule has 0 spiro atoms. The molecule has 1 unspecified atom stereocenters. The van der Waals surface area contributed by atoms with Crippen molar-refractivity contribution in [2.75, 3.05) is 5.32 Å². The molecule has 3 aromatic carbocycles. The molecule has 33 heavy (non-hydrogen) atoms. The first-order valence-electron chi connectivity index (χ1n) is 10.5. The molecule has 160 valence electrons. The van der Waals surface area contributed by atoms with Crippen molar-refractivity contribution in [2.45, 2.75) is 6.17 Å². The van der Waals surface area contributed by atoms with Gasteiger partial charge in [0.25, 0.3) is 5.91 Å². The molecule has 5 rings (SSSR count). The maximum absolute atomic E-state index is 13.0. The van der Waals surface area contributed by atoms with Gasteiger partial charge in [0.2, 0.25) is 6.17 Å². The van der Waals surface area contributed by atoms with Gasteiger partial charge in [-0.2, -0.15) is 5.26 Å². The molecule has 2 aliphatic heterocycles. The number of hydrogen-bond donors (Lipinski definition) is 4. The molecule has 2 aliphatic rings. The van der Waals surface area contributed by atoms with E-state index in [2.05, 4.69) is 27.6 Å². The lowest BCUT2D eigenvalue weighted by Crippen LogP contribution is -2.45. The Bertz CT molecular complexity index is 1330. The molecule has 0 bridgehead atoms. The van der Waals surface area contributed by atoms with Crippen LogP contribution >= 0.6 is 0 Å². The third-order valence-corrected chi connectivity index (χ3v) is 5.36. The zero-order valence-electron chi connectivity index (χ0n) is 17.5. The van der Waals surface area contributed by atoms with Crippen LogP contribution in [0.4, 0.5) is 5.69 Å². The number of nitriles is 1. The van der Waals surface area contributed by atoms with Crippen molar-refractivity contribution in [3.05, 3.63) is 119 Å². The summed E-state index contributed by atoms with van der Waals surface area (Å²) in [6.45, 7) is 0. The number of aliphatic imine (C=N–C) groups is 1. The van der Waals surface area contributed by atoms with E-state index in [1.165, 1.54) is 0 Å². The van der Waals surface area contributed by atoms with Gasteiger partial charge < -0.3 is 10.6 Å². The summed E-state index contributed by atoms with van der Waals surface area (Å²) in [5.74, 6) is 0.354. The van der Waals surface area contributed by atoms with E-state index < -0.39 is 6.17 Å².